The summed E-state index contributed by atoms with van der Waals surface area (Å²) in [7, 11) is 2.07. The molecule has 100 valence electrons. The summed E-state index contributed by atoms with van der Waals surface area (Å²) in [4.78, 5) is 16.0. The first-order valence-corrected chi connectivity index (χ1v) is 5.99. The zero-order valence-electron chi connectivity index (χ0n) is 10.6. The van der Waals surface area contributed by atoms with Gasteiger partial charge in [-0.15, -0.1) is 12.4 Å². The molecule has 0 unspecified atom stereocenters. The minimum absolute atomic E-state index is 0. The highest BCUT2D eigenvalue weighted by molar-refractivity contribution is 5.85. The molecule has 1 aromatic rings. The number of likely N-dealkylation sites (N-methyl/N-ethyl adjacent to an activating group) is 1. The molecule has 18 heavy (non-hydrogen) atoms. The van der Waals surface area contributed by atoms with Crippen LogP contribution in [0.1, 0.15) is 12.0 Å². The topological polar surface area (TPSA) is 49.6 Å². The highest BCUT2D eigenvalue weighted by atomic mass is 35.5. The van der Waals surface area contributed by atoms with Crippen LogP contribution in [0.3, 0.4) is 0 Å². The molecule has 1 aromatic carbocycles. The predicted octanol–water partition coefficient (Wildman–Crippen LogP) is 1.24. The quantitative estimate of drug-likeness (QED) is 0.879. The van der Waals surface area contributed by atoms with Crippen LogP contribution in [0.2, 0.25) is 0 Å². The van der Waals surface area contributed by atoms with Gasteiger partial charge in [-0.2, -0.15) is 0 Å². The van der Waals surface area contributed by atoms with Crippen LogP contribution in [0.4, 0.5) is 5.69 Å². The molecule has 4 nitrogen and oxygen atoms in total. The normalized spacial score (nSPS) is 14.6. The van der Waals surface area contributed by atoms with Gasteiger partial charge in [0.2, 0.25) is 5.91 Å². The predicted molar refractivity (Wildman–Crippen MR) is 76.0 cm³/mol. The molecule has 0 bridgehead atoms. The fourth-order valence-electron chi connectivity index (χ4n) is 2.19. The summed E-state index contributed by atoms with van der Waals surface area (Å²) in [5, 5.41) is 0. The van der Waals surface area contributed by atoms with E-state index in [1.807, 2.05) is 17.0 Å². The lowest BCUT2D eigenvalue weighted by atomic mass is 10.1. The largest absolute Gasteiger partial charge is 0.373 e. The molecular weight excluding hydrogens is 250 g/mol. The minimum atomic E-state index is 0. The van der Waals surface area contributed by atoms with Gasteiger partial charge in [-0.1, -0.05) is 18.2 Å². The van der Waals surface area contributed by atoms with Crippen LogP contribution in [0.15, 0.2) is 24.3 Å². The summed E-state index contributed by atoms with van der Waals surface area (Å²) in [5.41, 5.74) is 7.86. The van der Waals surface area contributed by atoms with Crippen LogP contribution < -0.4 is 10.6 Å². The summed E-state index contributed by atoms with van der Waals surface area (Å²) < 4.78 is 0. The highest BCUT2D eigenvalue weighted by Gasteiger charge is 2.20. The van der Waals surface area contributed by atoms with Gasteiger partial charge < -0.3 is 15.5 Å². The lowest BCUT2D eigenvalue weighted by molar-refractivity contribution is -0.131. The first-order valence-electron chi connectivity index (χ1n) is 5.99. The number of hydrogen-bond donors (Lipinski definition) is 1. The maximum Gasteiger partial charge on any atom is 0.224 e. The fourth-order valence-corrected chi connectivity index (χ4v) is 2.19. The third-order valence-electron chi connectivity index (χ3n) is 3.18. The van der Waals surface area contributed by atoms with Crippen molar-refractivity contribution in [2.24, 2.45) is 5.73 Å². The van der Waals surface area contributed by atoms with E-state index in [1.54, 1.807) is 0 Å². The van der Waals surface area contributed by atoms with Crippen molar-refractivity contribution >= 4 is 24.0 Å². The van der Waals surface area contributed by atoms with Crippen LogP contribution in [0, 0.1) is 0 Å². The molecule has 0 aliphatic carbocycles. The van der Waals surface area contributed by atoms with E-state index in [1.165, 1.54) is 11.3 Å². The number of carbonyl (C=O) groups is 1. The Morgan fingerprint density at radius 1 is 1.33 bits per heavy atom. The molecule has 0 radical (unpaired) electrons. The standard InChI is InChI=1S/C13H19N3O.ClH/c1-15-8-9-16(13(17)6-7-14)10-11-4-2-3-5-12(11)15;/h2-5H,6-10,14H2,1H3;1H. The molecule has 2 rings (SSSR count). The molecule has 0 atom stereocenters. The molecule has 1 amide bonds. The Labute approximate surface area is 114 Å². The number of nitrogens with two attached hydrogens (primary N) is 1. The Balaban J connectivity index is 0.00000162. The number of para-hydroxylation sites is 1. The smallest absolute Gasteiger partial charge is 0.224 e. The van der Waals surface area contributed by atoms with Gasteiger partial charge in [0.15, 0.2) is 0 Å². The summed E-state index contributed by atoms with van der Waals surface area (Å²) in [5.74, 6) is 0.151. The van der Waals surface area contributed by atoms with E-state index in [9.17, 15) is 4.79 Å². The molecule has 0 aromatic heterocycles. The third kappa shape index (κ3) is 3.15. The second-order valence-electron chi connectivity index (χ2n) is 4.40. The van der Waals surface area contributed by atoms with Gasteiger partial charge in [-0.25, -0.2) is 0 Å². The molecule has 2 N–H and O–H groups in total. The third-order valence-corrected chi connectivity index (χ3v) is 3.18. The molecule has 0 saturated heterocycles. The Hall–Kier alpha value is -1.26. The number of carbonyl (C=O) groups excluding carboxylic acids is 1. The van der Waals surface area contributed by atoms with E-state index in [-0.39, 0.29) is 18.3 Å². The number of halogens is 1. The van der Waals surface area contributed by atoms with Gasteiger partial charge in [0.25, 0.3) is 0 Å². The van der Waals surface area contributed by atoms with E-state index in [2.05, 4.69) is 24.1 Å². The monoisotopic (exact) mass is 269 g/mol. The maximum atomic E-state index is 11.9. The average Bonchev–Trinajstić information content (AvgIpc) is 2.50. The van der Waals surface area contributed by atoms with E-state index in [0.29, 0.717) is 19.5 Å². The van der Waals surface area contributed by atoms with Gasteiger partial charge in [0, 0.05) is 45.3 Å². The zero-order valence-corrected chi connectivity index (χ0v) is 11.4. The van der Waals surface area contributed by atoms with Crippen molar-refractivity contribution in [2.75, 3.05) is 31.6 Å². The van der Waals surface area contributed by atoms with E-state index < -0.39 is 0 Å². The van der Waals surface area contributed by atoms with Gasteiger partial charge in [0.1, 0.15) is 0 Å². The lowest BCUT2D eigenvalue weighted by Gasteiger charge is -2.20. The van der Waals surface area contributed by atoms with Gasteiger partial charge in [-0.3, -0.25) is 4.79 Å². The van der Waals surface area contributed by atoms with Crippen molar-refractivity contribution in [3.63, 3.8) is 0 Å². The highest BCUT2D eigenvalue weighted by Crippen LogP contribution is 2.23. The molecule has 0 fully saturated rings. The Bertz CT molecular complexity index is 411. The number of fused-ring (bicyclic) bond motifs is 1. The fraction of sp³-hybridized carbons (Fsp3) is 0.462. The van der Waals surface area contributed by atoms with Gasteiger partial charge >= 0.3 is 0 Å². The number of amides is 1. The van der Waals surface area contributed by atoms with Crippen LogP contribution in [0.25, 0.3) is 0 Å². The summed E-state index contributed by atoms with van der Waals surface area (Å²) in [6.45, 7) is 2.75. The van der Waals surface area contributed by atoms with Crippen molar-refractivity contribution < 1.29 is 4.79 Å². The molecule has 1 heterocycles. The first kappa shape index (κ1) is 14.8. The number of nitrogens with zero attached hydrogens (tertiary/aromatic N) is 2. The molecule has 0 saturated carbocycles. The van der Waals surface area contributed by atoms with Crippen LogP contribution in [0.5, 0.6) is 0 Å². The van der Waals surface area contributed by atoms with Crippen LogP contribution in [-0.4, -0.2) is 37.5 Å². The minimum Gasteiger partial charge on any atom is -0.373 e. The van der Waals surface area contributed by atoms with Crippen molar-refractivity contribution in [3.8, 4) is 0 Å². The lowest BCUT2D eigenvalue weighted by Crippen LogP contribution is -2.35. The van der Waals surface area contributed by atoms with Gasteiger partial charge in [0.05, 0.1) is 0 Å². The van der Waals surface area contributed by atoms with Crippen molar-refractivity contribution in [1.29, 1.82) is 0 Å². The molecule has 0 spiro atoms. The Morgan fingerprint density at radius 3 is 2.78 bits per heavy atom. The first-order chi connectivity index (χ1) is 8.22. The summed E-state index contributed by atoms with van der Waals surface area (Å²) in [6.07, 6.45) is 0.436. The van der Waals surface area contributed by atoms with E-state index in [4.69, 9.17) is 5.73 Å². The van der Waals surface area contributed by atoms with E-state index >= 15 is 0 Å². The second kappa shape index (κ2) is 6.61. The van der Waals surface area contributed by atoms with Crippen molar-refractivity contribution in [3.05, 3.63) is 29.8 Å². The average molecular weight is 270 g/mol. The number of benzene rings is 1. The summed E-state index contributed by atoms with van der Waals surface area (Å²) >= 11 is 0. The maximum absolute atomic E-state index is 11.9. The van der Waals surface area contributed by atoms with E-state index in [0.717, 1.165) is 13.1 Å². The number of anilines is 1. The van der Waals surface area contributed by atoms with Gasteiger partial charge in [-0.05, 0) is 11.6 Å². The number of rotatable bonds is 2. The van der Waals surface area contributed by atoms with Crippen molar-refractivity contribution in [2.45, 2.75) is 13.0 Å². The van der Waals surface area contributed by atoms with Crippen LogP contribution in [-0.2, 0) is 11.3 Å². The molecule has 1 aliphatic rings. The second-order valence-corrected chi connectivity index (χ2v) is 4.40. The van der Waals surface area contributed by atoms with Crippen molar-refractivity contribution in [1.82, 2.24) is 4.90 Å². The SMILES string of the molecule is CN1CCN(C(=O)CCN)Cc2ccccc21.Cl. The Kier molecular flexibility index (Phi) is 5.44. The Morgan fingerprint density at radius 2 is 2.06 bits per heavy atom. The molecule has 1 aliphatic heterocycles. The molecular formula is C13H20ClN3O. The van der Waals surface area contributed by atoms with Crippen LogP contribution >= 0.6 is 12.4 Å². The molecule has 5 heteroatoms. The zero-order chi connectivity index (χ0) is 12.3. The number of hydrogen-bond acceptors (Lipinski definition) is 3. The summed E-state index contributed by atoms with van der Waals surface area (Å²) in [6, 6.07) is 8.24.